The number of thioether (sulfide) groups is 1. The minimum Gasteiger partial charge on any atom is -0.481 e. The average Bonchev–Trinajstić information content (AvgIpc) is 2.74. The van der Waals surface area contributed by atoms with Crippen LogP contribution in [0.25, 0.3) is 11.0 Å². The number of benzene rings is 1. The molecule has 0 fully saturated rings. The van der Waals surface area contributed by atoms with Gasteiger partial charge in [-0.3, -0.25) is 4.79 Å². The Hall–Kier alpha value is -1.53. The van der Waals surface area contributed by atoms with E-state index in [2.05, 4.69) is 15.6 Å². The molecule has 0 aliphatic rings. The van der Waals surface area contributed by atoms with Crippen molar-refractivity contribution in [2.24, 2.45) is 0 Å². The smallest absolute Gasteiger partial charge is 0.313 e. The number of fused-ring (bicyclic) bond motifs is 1. The van der Waals surface area contributed by atoms with Crippen molar-refractivity contribution in [1.29, 1.82) is 0 Å². The Bertz CT molecular complexity index is 624. The third-order valence-corrected chi connectivity index (χ3v) is 3.92. The van der Waals surface area contributed by atoms with Gasteiger partial charge in [-0.15, -0.1) is 0 Å². The summed E-state index contributed by atoms with van der Waals surface area (Å²) in [4.78, 5) is 15.3. The molecular weight excluding hydrogens is 276 g/mol. The highest BCUT2D eigenvalue weighted by Gasteiger charge is 2.17. The Labute approximate surface area is 121 Å². The Kier molecular flexibility index (Phi) is 4.67. The van der Waals surface area contributed by atoms with Crippen LogP contribution in [-0.2, 0) is 9.53 Å². The summed E-state index contributed by atoms with van der Waals surface area (Å²) >= 11 is 1.24. The summed E-state index contributed by atoms with van der Waals surface area (Å²) in [7, 11) is 1.66. The van der Waals surface area contributed by atoms with Gasteiger partial charge >= 0.3 is 5.97 Å². The molecule has 0 aliphatic carbocycles. The maximum Gasteiger partial charge on any atom is 0.313 e. The van der Waals surface area contributed by atoms with Crippen LogP contribution in [0.1, 0.15) is 18.5 Å². The first-order valence-electron chi connectivity index (χ1n) is 6.35. The maximum absolute atomic E-state index is 10.8. The highest BCUT2D eigenvalue weighted by Crippen LogP contribution is 2.28. The number of hydrogen-bond acceptors (Lipinski definition) is 4. The highest BCUT2D eigenvalue weighted by atomic mass is 32.2. The summed E-state index contributed by atoms with van der Waals surface area (Å²) in [5, 5.41) is 9.56. The molecule has 0 saturated heterocycles. The van der Waals surface area contributed by atoms with E-state index in [9.17, 15) is 4.79 Å². The summed E-state index contributed by atoms with van der Waals surface area (Å²) in [5.74, 6) is -0.841. The van der Waals surface area contributed by atoms with Crippen LogP contribution >= 0.6 is 11.8 Å². The Morgan fingerprint density at radius 1 is 1.55 bits per heavy atom. The number of nitrogens with zero attached hydrogens (tertiary/aromatic N) is 2. The van der Waals surface area contributed by atoms with E-state index in [0.29, 0.717) is 6.61 Å². The summed E-state index contributed by atoms with van der Waals surface area (Å²) in [5.41, 5.74) is 3.05. The number of aliphatic carboxylic acids is 1. The molecule has 108 valence electrons. The van der Waals surface area contributed by atoms with Gasteiger partial charge in [0.1, 0.15) is 0 Å². The zero-order valence-electron chi connectivity index (χ0n) is 11.8. The molecule has 2 rings (SSSR count). The van der Waals surface area contributed by atoms with E-state index >= 15 is 0 Å². The van der Waals surface area contributed by atoms with Crippen LogP contribution in [0.2, 0.25) is 0 Å². The van der Waals surface area contributed by atoms with E-state index in [1.807, 2.05) is 26.0 Å². The molecule has 1 N–H and O–H groups in total. The minimum absolute atomic E-state index is 0.00199. The Morgan fingerprint density at radius 2 is 2.30 bits per heavy atom. The predicted octanol–water partition coefficient (Wildman–Crippen LogP) is 2.73. The molecule has 1 aromatic heterocycles. The summed E-state index contributed by atoms with van der Waals surface area (Å²) in [6.07, 6.45) is 0. The first kappa shape index (κ1) is 14.9. The fraction of sp³-hybridized carbons (Fsp3) is 0.429. The quantitative estimate of drug-likeness (QED) is 0.830. The fourth-order valence-electron chi connectivity index (χ4n) is 2.15. The third kappa shape index (κ3) is 3.13. The summed E-state index contributed by atoms with van der Waals surface area (Å²) < 4.78 is 7.27. The third-order valence-electron chi connectivity index (χ3n) is 2.99. The van der Waals surface area contributed by atoms with Gasteiger partial charge in [-0.2, -0.15) is 0 Å². The normalized spacial score (nSPS) is 12.8. The van der Waals surface area contributed by atoms with E-state index in [4.69, 9.17) is 9.84 Å². The van der Waals surface area contributed by atoms with Gasteiger partial charge < -0.3 is 14.4 Å². The van der Waals surface area contributed by atoms with Crippen LogP contribution in [-0.4, -0.2) is 40.1 Å². The van der Waals surface area contributed by atoms with E-state index in [1.54, 1.807) is 7.11 Å². The first-order valence-corrected chi connectivity index (χ1v) is 7.33. The van der Waals surface area contributed by atoms with Crippen molar-refractivity contribution in [2.45, 2.75) is 25.0 Å². The number of carboxylic acid groups (broad SMARTS) is 1. The lowest BCUT2D eigenvalue weighted by Crippen LogP contribution is -2.12. The van der Waals surface area contributed by atoms with Crippen LogP contribution in [0.3, 0.4) is 0 Å². The van der Waals surface area contributed by atoms with Crippen LogP contribution in [0, 0.1) is 6.92 Å². The minimum atomic E-state index is -0.843. The van der Waals surface area contributed by atoms with Gasteiger partial charge in [0.25, 0.3) is 0 Å². The van der Waals surface area contributed by atoms with Crippen LogP contribution in [0.4, 0.5) is 0 Å². The van der Waals surface area contributed by atoms with Crippen LogP contribution in [0.15, 0.2) is 23.4 Å². The lowest BCUT2D eigenvalue weighted by Gasteiger charge is -2.16. The van der Waals surface area contributed by atoms with Crippen molar-refractivity contribution >= 4 is 28.8 Å². The number of hydrogen-bond donors (Lipinski definition) is 1. The predicted molar refractivity (Wildman–Crippen MR) is 79.4 cm³/mol. The maximum atomic E-state index is 10.8. The number of ether oxygens (including phenoxy) is 1. The number of imidazole rings is 1. The van der Waals surface area contributed by atoms with E-state index < -0.39 is 5.97 Å². The van der Waals surface area contributed by atoms with Crippen molar-refractivity contribution in [3.05, 3.63) is 23.8 Å². The lowest BCUT2D eigenvalue weighted by molar-refractivity contribution is -0.133. The van der Waals surface area contributed by atoms with Crippen molar-refractivity contribution in [1.82, 2.24) is 9.55 Å². The molecule has 6 heteroatoms. The molecule has 1 atom stereocenters. The number of aromatic nitrogens is 2. The molecular formula is C14H18N2O3S. The van der Waals surface area contributed by atoms with E-state index in [0.717, 1.165) is 21.8 Å². The second-order valence-corrected chi connectivity index (χ2v) is 5.69. The van der Waals surface area contributed by atoms with Gasteiger partial charge in [-0.05, 0) is 31.5 Å². The van der Waals surface area contributed by atoms with Gasteiger partial charge in [0.2, 0.25) is 0 Å². The van der Waals surface area contributed by atoms with Crippen LogP contribution < -0.4 is 0 Å². The van der Waals surface area contributed by atoms with Crippen molar-refractivity contribution in [3.63, 3.8) is 0 Å². The molecule has 5 nitrogen and oxygen atoms in total. The number of carbonyl (C=O) groups is 1. The standard InChI is InChI=1S/C14H18N2O3S/c1-9-4-5-11-12(6-9)16(10(2)7-19-3)14(15-11)20-8-13(17)18/h4-6,10H,7-8H2,1-3H3,(H,17,18). The monoisotopic (exact) mass is 294 g/mol. The molecule has 20 heavy (non-hydrogen) atoms. The molecule has 0 spiro atoms. The fourth-order valence-corrected chi connectivity index (χ4v) is 2.98. The molecule has 0 amide bonds. The molecule has 1 unspecified atom stereocenters. The topological polar surface area (TPSA) is 64.3 Å². The molecule has 1 heterocycles. The van der Waals surface area contributed by atoms with Gasteiger partial charge in [-0.1, -0.05) is 17.8 Å². The Balaban J connectivity index is 2.48. The van der Waals surface area contributed by atoms with E-state index in [1.165, 1.54) is 11.8 Å². The van der Waals surface area contributed by atoms with Gasteiger partial charge in [0.05, 0.1) is 29.4 Å². The van der Waals surface area contributed by atoms with Crippen molar-refractivity contribution < 1.29 is 14.6 Å². The molecule has 0 radical (unpaired) electrons. The average molecular weight is 294 g/mol. The molecule has 0 aliphatic heterocycles. The summed E-state index contributed by atoms with van der Waals surface area (Å²) in [6.45, 7) is 4.62. The van der Waals surface area contributed by atoms with Gasteiger partial charge in [-0.25, -0.2) is 4.98 Å². The zero-order valence-corrected chi connectivity index (χ0v) is 12.6. The molecule has 2 aromatic rings. The van der Waals surface area contributed by atoms with Gasteiger partial charge in [0.15, 0.2) is 5.16 Å². The second-order valence-electron chi connectivity index (χ2n) is 4.74. The van der Waals surface area contributed by atoms with Crippen molar-refractivity contribution in [2.75, 3.05) is 19.5 Å². The number of methoxy groups -OCH3 is 1. The zero-order chi connectivity index (χ0) is 14.7. The molecule has 0 bridgehead atoms. The first-order chi connectivity index (χ1) is 9.52. The second kappa shape index (κ2) is 6.28. The number of rotatable bonds is 6. The van der Waals surface area contributed by atoms with Crippen LogP contribution in [0.5, 0.6) is 0 Å². The highest BCUT2D eigenvalue weighted by molar-refractivity contribution is 7.99. The largest absolute Gasteiger partial charge is 0.481 e. The number of aryl methyl sites for hydroxylation is 1. The molecule has 0 saturated carbocycles. The SMILES string of the molecule is COCC(C)n1c(SCC(=O)O)nc2ccc(C)cc21. The lowest BCUT2D eigenvalue weighted by atomic mass is 10.2. The number of carboxylic acids is 1. The summed E-state index contributed by atoms with van der Waals surface area (Å²) in [6, 6.07) is 6.14. The van der Waals surface area contributed by atoms with Crippen molar-refractivity contribution in [3.8, 4) is 0 Å². The molecule has 1 aromatic carbocycles. The van der Waals surface area contributed by atoms with Gasteiger partial charge in [0, 0.05) is 7.11 Å². The Morgan fingerprint density at radius 3 is 2.95 bits per heavy atom. The van der Waals surface area contributed by atoms with E-state index in [-0.39, 0.29) is 11.8 Å².